The summed E-state index contributed by atoms with van der Waals surface area (Å²) < 4.78 is 10.1. The van der Waals surface area contributed by atoms with Crippen molar-refractivity contribution in [2.45, 2.75) is 18.9 Å². The lowest BCUT2D eigenvalue weighted by atomic mass is 10.2. The van der Waals surface area contributed by atoms with Gasteiger partial charge in [0.1, 0.15) is 6.04 Å². The molecule has 0 spiro atoms. The number of carboxylic acid groups (broad SMARTS) is 1. The molecule has 72 valence electrons. The first-order valence-electron chi connectivity index (χ1n) is 3.38. The molecule has 0 heterocycles. The summed E-state index contributed by atoms with van der Waals surface area (Å²) in [4.78, 5) is 30.2. The second kappa shape index (κ2) is 4.57. The van der Waals surface area contributed by atoms with E-state index in [2.05, 4.69) is 5.73 Å². The zero-order chi connectivity index (χ0) is 9.78. The molecule has 1 atom stereocenters. The van der Waals surface area contributed by atoms with E-state index >= 15 is 0 Å². The maximum absolute atomic E-state index is 10.1. The van der Waals surface area contributed by atoms with Crippen LogP contribution in [0.15, 0.2) is 0 Å². The third-order valence-electron chi connectivity index (χ3n) is 1.32. The van der Waals surface area contributed by atoms with Gasteiger partial charge in [-0.2, -0.15) is 0 Å². The molecule has 0 bridgehead atoms. The van der Waals surface area contributed by atoms with Crippen molar-refractivity contribution in [2.75, 3.05) is 6.16 Å². The van der Waals surface area contributed by atoms with Crippen LogP contribution in [0.25, 0.3) is 0 Å². The van der Waals surface area contributed by atoms with Gasteiger partial charge < -0.3 is 30.0 Å². The molecule has 0 aliphatic rings. The highest BCUT2D eigenvalue weighted by Gasteiger charge is 2.06. The summed E-state index contributed by atoms with van der Waals surface area (Å²) in [5, 5.41) is 10.1. The van der Waals surface area contributed by atoms with Crippen LogP contribution in [0.2, 0.25) is 0 Å². The molecule has 0 fully saturated rings. The Labute approximate surface area is 69.5 Å². The van der Waals surface area contributed by atoms with E-state index in [1.165, 1.54) is 0 Å². The monoisotopic (exact) mass is 195 g/mol. The Morgan fingerprint density at radius 1 is 1.50 bits per heavy atom. The predicted octanol–water partition coefficient (Wildman–Crippen LogP) is -3.96. The number of aliphatic carboxylic acids is 1. The third kappa shape index (κ3) is 6.30. The fraction of sp³-hybridized carbons (Fsp3) is 0.800. The van der Waals surface area contributed by atoms with Gasteiger partial charge in [0.25, 0.3) is 0 Å². The van der Waals surface area contributed by atoms with Gasteiger partial charge in [0, 0.05) is 6.42 Å². The zero-order valence-electron chi connectivity index (χ0n) is 6.39. The maximum atomic E-state index is 10.1. The van der Waals surface area contributed by atoms with Gasteiger partial charge in [-0.05, 0) is 12.6 Å². The normalized spacial score (nSPS) is 14.2. The molecule has 0 aliphatic heterocycles. The Morgan fingerprint density at radius 2 is 2.00 bits per heavy atom. The Kier molecular flexibility index (Phi) is 4.41. The zero-order valence-corrected chi connectivity index (χ0v) is 7.29. The van der Waals surface area contributed by atoms with Gasteiger partial charge in [0.15, 0.2) is 0 Å². The maximum Gasteiger partial charge on any atom is 0.124 e. The molecule has 0 aromatic rings. The lowest BCUT2D eigenvalue weighted by Gasteiger charge is -2.29. The Morgan fingerprint density at radius 3 is 2.33 bits per heavy atom. The van der Waals surface area contributed by atoms with Crippen LogP contribution < -0.4 is 20.6 Å². The van der Waals surface area contributed by atoms with E-state index < -0.39 is 25.8 Å². The Bertz CT molecular complexity index is 200. The van der Waals surface area contributed by atoms with Crippen molar-refractivity contribution in [1.29, 1.82) is 0 Å². The first-order valence-corrected chi connectivity index (χ1v) is 5.11. The van der Waals surface area contributed by atoms with Gasteiger partial charge in [-0.3, -0.25) is 0 Å². The molecule has 0 aromatic carbocycles. The van der Waals surface area contributed by atoms with Crippen LogP contribution in [-0.4, -0.2) is 18.2 Å². The second-order valence-corrected chi connectivity index (χ2v) is 4.16. The molecule has 0 saturated carbocycles. The predicted molar refractivity (Wildman–Crippen MR) is 33.4 cm³/mol. The summed E-state index contributed by atoms with van der Waals surface area (Å²) in [6.45, 7) is 0. The number of carbonyl (C=O) groups excluding carboxylic acids is 1. The van der Waals surface area contributed by atoms with Crippen molar-refractivity contribution in [3.63, 3.8) is 0 Å². The average molecular weight is 195 g/mol. The van der Waals surface area contributed by atoms with Crippen LogP contribution in [-0.2, 0) is 9.36 Å². The van der Waals surface area contributed by atoms with Gasteiger partial charge in [-0.1, -0.05) is 7.60 Å². The van der Waals surface area contributed by atoms with Crippen LogP contribution in [0, 0.1) is 0 Å². The van der Waals surface area contributed by atoms with Gasteiger partial charge in [-0.15, -0.1) is 0 Å². The third-order valence-corrected chi connectivity index (χ3v) is 2.18. The molecule has 0 aliphatic carbocycles. The number of rotatable bonds is 5. The molecule has 0 radical (unpaired) electrons. The minimum Gasteiger partial charge on any atom is -0.811 e. The van der Waals surface area contributed by atoms with E-state index in [0.717, 1.165) is 0 Å². The summed E-state index contributed by atoms with van der Waals surface area (Å²) in [6, 6.07) is -0.948. The van der Waals surface area contributed by atoms with E-state index in [4.69, 9.17) is 0 Å². The van der Waals surface area contributed by atoms with Crippen molar-refractivity contribution in [3.05, 3.63) is 0 Å². The largest absolute Gasteiger partial charge is 0.811 e. The van der Waals surface area contributed by atoms with E-state index in [0.29, 0.717) is 0 Å². The molecule has 6 nitrogen and oxygen atoms in total. The minimum atomic E-state index is -4.49. The molecule has 3 N–H and O–H groups in total. The highest BCUT2D eigenvalue weighted by molar-refractivity contribution is 7.48. The fourth-order valence-electron chi connectivity index (χ4n) is 0.649. The van der Waals surface area contributed by atoms with E-state index in [1.54, 1.807) is 0 Å². The molecule has 0 saturated heterocycles. The summed E-state index contributed by atoms with van der Waals surface area (Å²) in [5.41, 5.74) is 3.20. The number of hydrogen-bond acceptors (Lipinski definition) is 5. The molecule has 7 heteroatoms. The topological polar surface area (TPSA) is 131 Å². The standard InChI is InChI=1S/C5H12NO5P/c6-4(5(7)8)2-1-3-12(9,10)11/h4H,1-3,6H2,(H,7,8)(H2,9,10,11)/p-2/t4-/m0/s1. The smallest absolute Gasteiger partial charge is 0.124 e. The lowest BCUT2D eigenvalue weighted by Crippen LogP contribution is -2.68. The summed E-state index contributed by atoms with van der Waals surface area (Å²) in [5.74, 6) is -1.33. The molecule has 12 heavy (non-hydrogen) atoms. The molecular weight excluding hydrogens is 185 g/mol. The summed E-state index contributed by atoms with van der Waals surface area (Å²) >= 11 is 0. The van der Waals surface area contributed by atoms with Crippen LogP contribution in [0.3, 0.4) is 0 Å². The van der Waals surface area contributed by atoms with Crippen molar-refractivity contribution in [3.8, 4) is 0 Å². The average Bonchev–Trinajstić information content (AvgIpc) is 1.84. The van der Waals surface area contributed by atoms with Gasteiger partial charge >= 0.3 is 0 Å². The van der Waals surface area contributed by atoms with Crippen molar-refractivity contribution in [2.24, 2.45) is 0 Å². The van der Waals surface area contributed by atoms with Crippen molar-refractivity contribution in [1.82, 2.24) is 0 Å². The lowest BCUT2D eigenvalue weighted by molar-refractivity contribution is -0.438. The number of hydrogen-bond donors (Lipinski definition) is 1. The van der Waals surface area contributed by atoms with Crippen molar-refractivity contribution >= 4 is 13.6 Å². The van der Waals surface area contributed by atoms with Crippen LogP contribution in [0.5, 0.6) is 0 Å². The van der Waals surface area contributed by atoms with Gasteiger partial charge in [-0.25, -0.2) is 0 Å². The van der Waals surface area contributed by atoms with Gasteiger partial charge in [0.2, 0.25) is 0 Å². The Hall–Kier alpha value is -0.420. The fourth-order valence-corrected chi connectivity index (χ4v) is 1.22. The van der Waals surface area contributed by atoms with Gasteiger partial charge in [0.05, 0.1) is 5.97 Å². The SMILES string of the molecule is [NH3+][C@@H](CCCP(=O)([O-])[O-])C(=O)[O-]. The van der Waals surface area contributed by atoms with Crippen molar-refractivity contribution < 1.29 is 30.0 Å². The molecule has 0 aromatic heterocycles. The molecule has 0 unspecified atom stereocenters. The first kappa shape index (κ1) is 11.6. The quantitative estimate of drug-likeness (QED) is 0.447. The summed E-state index contributed by atoms with van der Waals surface area (Å²) in [7, 11) is -4.49. The van der Waals surface area contributed by atoms with Crippen LogP contribution in [0.4, 0.5) is 0 Å². The summed E-state index contributed by atoms with van der Waals surface area (Å²) in [6.07, 6.45) is -0.449. The molecular formula is C5H10NO5P-2. The molecule has 0 rings (SSSR count). The number of quaternary nitrogens is 1. The minimum absolute atomic E-state index is 0.0203. The van der Waals surface area contributed by atoms with E-state index in [1.807, 2.05) is 0 Å². The second-order valence-electron chi connectivity index (χ2n) is 2.49. The van der Waals surface area contributed by atoms with E-state index in [-0.39, 0.29) is 12.8 Å². The highest BCUT2D eigenvalue weighted by atomic mass is 31.2. The highest BCUT2D eigenvalue weighted by Crippen LogP contribution is 2.24. The van der Waals surface area contributed by atoms with E-state index in [9.17, 15) is 24.3 Å². The molecule has 0 amide bonds. The van der Waals surface area contributed by atoms with Crippen LogP contribution in [0.1, 0.15) is 12.8 Å². The first-order chi connectivity index (χ1) is 5.33. The number of carbonyl (C=O) groups is 1. The Balaban J connectivity index is 3.58. The van der Waals surface area contributed by atoms with Crippen LogP contribution >= 0.6 is 7.60 Å². The number of carboxylic acids is 1.